The first-order valence-corrected chi connectivity index (χ1v) is 47.7. The number of carbonyl (C=O) groups excluding carboxylic acids is 18. The van der Waals surface area contributed by atoms with Gasteiger partial charge in [0.2, 0.25) is 107 Å². The Bertz CT molecular complexity index is 6160. The van der Waals surface area contributed by atoms with Crippen molar-refractivity contribution in [1.29, 1.82) is 0 Å². The second-order valence-electron chi connectivity index (χ2n) is 40.7. The normalized spacial score (nSPS) is 36.5. The van der Waals surface area contributed by atoms with E-state index in [4.69, 9.17) is 32.2 Å². The van der Waals surface area contributed by atoms with Gasteiger partial charge in [0.1, 0.15) is 0 Å². The fourth-order valence-corrected chi connectivity index (χ4v) is 29.1. The van der Waals surface area contributed by atoms with Gasteiger partial charge >= 0.3 is 35.5 Å². The Morgan fingerprint density at radius 3 is 0.594 bits per heavy atom. The van der Waals surface area contributed by atoms with Crippen molar-refractivity contribution in [3.8, 4) is 0 Å². The molecular formula is C103H91N16NaO23. The largest absolute Gasteiger partial charge is 1.00 e. The minimum absolute atomic E-state index is 0. The smallest absolute Gasteiger partial charge is 0.481 e. The number of imide groups is 8. The number of fused-ring (bicyclic) bond motifs is 40. The maximum Gasteiger partial charge on any atom is 1.00 e. The molecule has 40 heteroatoms. The van der Waals surface area contributed by atoms with Crippen LogP contribution in [0, 0.1) is 189 Å². The number of nitrogens with zero attached hydrogens (tertiary/aromatic N) is 15. The van der Waals surface area contributed by atoms with E-state index in [-0.39, 0.29) is 323 Å². The predicted octanol–water partition coefficient (Wildman–Crippen LogP) is 7.10. The van der Waals surface area contributed by atoms with Gasteiger partial charge in [-0.25, -0.2) is 48.8 Å². The van der Waals surface area contributed by atoms with Crippen LogP contribution in [0.2, 0.25) is 0 Å². The first-order valence-electron chi connectivity index (χ1n) is 47.7. The van der Waals surface area contributed by atoms with Gasteiger partial charge in [0.15, 0.2) is 0 Å². The molecule has 8 aliphatic heterocycles. The molecule has 24 aliphatic rings. The number of hydrogen-bond acceptors (Lipinski definition) is 22. The van der Waals surface area contributed by atoms with Gasteiger partial charge in [-0.2, -0.15) is 4.99 Å². The summed E-state index contributed by atoms with van der Waals surface area (Å²) in [7, 11) is 0. The van der Waals surface area contributed by atoms with Gasteiger partial charge in [-0.3, -0.25) is 91.2 Å². The maximum absolute atomic E-state index is 13.4. The Morgan fingerprint density at radius 2 is 0.448 bits per heavy atom. The number of azide groups is 1. The van der Waals surface area contributed by atoms with Crippen LogP contribution in [0.25, 0.3) is 26.4 Å². The first-order chi connectivity index (χ1) is 67.8. The molecule has 8 heterocycles. The third-order valence-electron chi connectivity index (χ3n) is 34.2. The number of amides is 17. The molecular weight excluding hydrogens is 1850 g/mol. The van der Waals surface area contributed by atoms with Gasteiger partial charge < -0.3 is 32.5 Å². The van der Waals surface area contributed by atoms with Gasteiger partial charge in [0, 0.05) is 23.1 Å². The zero-order valence-electron chi connectivity index (χ0n) is 77.1. The van der Waals surface area contributed by atoms with E-state index in [1.165, 1.54) is 75.4 Å². The summed E-state index contributed by atoms with van der Waals surface area (Å²) in [5.74, 6) is -13.3. The first kappa shape index (κ1) is 95.8. The van der Waals surface area contributed by atoms with Crippen LogP contribution in [0.4, 0.5) is 56.9 Å². The third kappa shape index (κ3) is 14.2. The van der Waals surface area contributed by atoms with Crippen LogP contribution in [0.3, 0.4) is 0 Å². The van der Waals surface area contributed by atoms with E-state index in [0.717, 1.165) is 87.7 Å². The summed E-state index contributed by atoms with van der Waals surface area (Å²) in [4.78, 5) is 273. The van der Waals surface area contributed by atoms with Gasteiger partial charge in [-0.1, -0.05) is 111 Å². The topological polar surface area (TPSA) is 585 Å². The summed E-state index contributed by atoms with van der Waals surface area (Å²) in [5, 5.41) is 20.2. The number of allylic oxidation sites excluding steroid dienone is 16. The number of aromatic carboxylic acids is 1. The van der Waals surface area contributed by atoms with E-state index in [9.17, 15) is 96.2 Å². The number of hydrogen-bond donors (Lipinski definition) is 3. The second-order valence-corrected chi connectivity index (χ2v) is 40.7. The van der Waals surface area contributed by atoms with Gasteiger partial charge in [-0.05, 0) is 229 Å². The molecule has 4 aromatic rings. The number of carboxylic acids is 2. The zero-order valence-corrected chi connectivity index (χ0v) is 79.1. The summed E-state index contributed by atoms with van der Waals surface area (Å²) >= 11 is 0. The summed E-state index contributed by atoms with van der Waals surface area (Å²) in [6.45, 7) is 5.08. The standard InChI is InChI=1S/C25H19N5O5.C25H19N3O5.C25H20N2O6.C24H21N3O4.C2H4O2.C2H6.N3.Na.H2O/c26-28-27-21(31)14-7-15(29-22(32)17-10-1-2-11(5-10)18(17)23(29)33)9-16(8-14)30-24(34)19-12-3-4-13(6-12)20(19)25(30)35;29-10-26-15-7-16(27-22(30)18-11-1-2-12(5-11)19(18)23(27)31)9-17(8-15)28-24(32)20-13-3-4-14(6-13)21(20)25(28)33;28-21-17-10-1-2-11(5-10)18(17)22(29)26(21)15-7-14(25(32)33)8-16(9-15)27-23(30)19-12-3-4-13(6-12)20(19)24(27)31;25-14-7-15(26-21(28)17-10-1-2-11(5-10)18(17)22(26)29)9-16(8-14)27-23(30)19-12-3-4-13(6-12)20(19)24(27)31;1-2(3)4;1-2;1-3-2;;/h1-4,7-13,17-20H,5-6H2;1-4,7-9,11-14,18-21H,5-6H2;1-4,7-13,17-20H,5-6H2,(H,32,33);1-4,7-13,17-20H,5-6,25H2;1H3,(H,3,4);1-2H3;;;1H2/q;;;;;;-1;+1;. The molecule has 32 atom stereocenters. The van der Waals surface area contributed by atoms with Crippen molar-refractivity contribution in [2.75, 3.05) is 44.9 Å². The average Bonchev–Trinajstić information content (AvgIpc) is 1.57. The molecule has 0 spiro atoms. The Morgan fingerprint density at radius 1 is 0.301 bits per heavy atom. The minimum atomic E-state index is -1.26. The number of nitrogens with two attached hydrogens (primary N) is 1. The molecule has 16 fully saturated rings. The average molecular weight is 1940 g/mol. The number of isocyanates is 1. The number of rotatable bonds is 11. The van der Waals surface area contributed by atoms with Gasteiger partial charge in [0.25, 0.3) is 5.97 Å². The van der Waals surface area contributed by atoms with Crippen LogP contribution in [-0.2, 0) is 86.3 Å². The molecule has 8 saturated carbocycles. The van der Waals surface area contributed by atoms with Gasteiger partial charge in [-0.15, -0.1) is 0 Å². The zero-order chi connectivity index (χ0) is 99.0. The van der Waals surface area contributed by atoms with E-state index in [1.54, 1.807) is 18.2 Å². The number of anilines is 9. The number of aliphatic carboxylic acids is 1. The van der Waals surface area contributed by atoms with Crippen LogP contribution in [-0.4, -0.2) is 134 Å². The number of nitrogen functional groups attached to an aromatic ring is 1. The number of carbonyl (C=O) groups is 19. The number of carboxylic acid groups (broad SMARTS) is 2. The molecule has 8 saturated heterocycles. The van der Waals surface area contributed by atoms with Gasteiger partial charge in [0.05, 0.1) is 151 Å². The molecule has 0 radical (unpaired) electrons. The SMILES string of the molecule is CC.CC(=O)O.Nc1cc(N2C(=O)C3C4C=CC(C4)C3C2=O)cc(N2C(=O)C3C4C=CC(C4)C3C2=O)c1.O.O=C(O)c1cc(N2C(=O)C3C4C=CC(C4)C3C2=O)cc(N2C(=O)C3C4C=CC(C4)C3C2=O)c1.O=C=Nc1cc(N2C(=O)C3C4C=CC(C4)C3C2=O)cc(N2C(=O)C3C4C=CC(C4)C3C2=O)c1.[N-]=[N+]=NC(=O)c1cc(N2C(=O)C3C4C=CC(C4)C3C2=O)cc(N2C(=O)C3C4C=CC(C4)C3C2=O)c1.[N-]=[N+]=[N-].[Na+]. The van der Waals surface area contributed by atoms with Crippen LogP contribution in [0.1, 0.15) is 92.9 Å². The van der Waals surface area contributed by atoms with Crippen molar-refractivity contribution < 1.29 is 141 Å². The number of benzene rings is 4. The van der Waals surface area contributed by atoms with Crippen molar-refractivity contribution in [1.82, 2.24) is 0 Å². The van der Waals surface area contributed by atoms with Crippen molar-refractivity contribution >= 4 is 175 Å². The summed E-state index contributed by atoms with van der Waals surface area (Å²) in [6, 6.07) is 17.2. The van der Waals surface area contributed by atoms with Crippen molar-refractivity contribution in [3.05, 3.63) is 208 Å². The van der Waals surface area contributed by atoms with Crippen LogP contribution in [0.15, 0.2) is 180 Å². The molecule has 39 nitrogen and oxygen atoms in total. The third-order valence-corrected chi connectivity index (χ3v) is 34.2. The Labute approximate surface area is 835 Å². The molecule has 143 heavy (non-hydrogen) atoms. The van der Waals surface area contributed by atoms with Crippen LogP contribution >= 0.6 is 0 Å². The maximum atomic E-state index is 13.4. The molecule has 28 rings (SSSR count). The monoisotopic (exact) mass is 1940 g/mol. The Balaban J connectivity index is 0.000000113. The quantitative estimate of drug-likeness (QED) is 0.0155. The van der Waals surface area contributed by atoms with Crippen molar-refractivity contribution in [2.24, 2.45) is 199 Å². The molecule has 722 valence electrons. The second kappa shape index (κ2) is 35.5. The van der Waals surface area contributed by atoms with E-state index in [1.807, 2.05) is 111 Å². The van der Waals surface area contributed by atoms with E-state index < -0.39 is 65.2 Å². The molecule has 4 aromatic carbocycles. The summed E-state index contributed by atoms with van der Waals surface area (Å²) < 4.78 is 0. The van der Waals surface area contributed by atoms with E-state index in [2.05, 4.69) is 15.0 Å². The fourth-order valence-electron chi connectivity index (χ4n) is 29.1. The van der Waals surface area contributed by atoms with Crippen molar-refractivity contribution in [3.63, 3.8) is 0 Å². The van der Waals surface area contributed by atoms with Crippen LogP contribution < -0.4 is 74.5 Å². The van der Waals surface area contributed by atoms with E-state index >= 15 is 0 Å². The molecule has 0 aromatic heterocycles. The predicted molar refractivity (Wildman–Crippen MR) is 498 cm³/mol. The fraction of sp³-hybridized carbons (Fsp3) is 0.417. The number of aliphatic imine (C=N–C) groups is 1. The summed E-state index contributed by atoms with van der Waals surface area (Å²) in [5.41, 5.74) is 30.1. The van der Waals surface area contributed by atoms with Crippen LogP contribution in [0.5, 0.6) is 0 Å². The van der Waals surface area contributed by atoms with Crippen molar-refractivity contribution in [2.45, 2.75) is 72.1 Å². The molecule has 32 unspecified atom stereocenters. The molecule has 6 N–H and O–H groups in total. The summed E-state index contributed by atoms with van der Waals surface area (Å²) in [6.07, 6.45) is 40.1. The minimum Gasteiger partial charge on any atom is -0.481 e. The molecule has 16 bridgehead atoms. The Kier molecular flexibility index (Phi) is 23.8. The molecule has 17 amide bonds. The van der Waals surface area contributed by atoms with E-state index in [0.29, 0.717) is 17.1 Å². The molecule has 16 aliphatic carbocycles. The Hall–Kier alpha value is -14.7.